The number of rotatable bonds is 6. The van der Waals surface area contributed by atoms with Crippen molar-refractivity contribution in [2.75, 3.05) is 58.9 Å². The first-order chi connectivity index (χ1) is 10.8. The normalized spacial score (nSPS) is 15.9. The molecule has 1 N–H and O–H groups in total. The second kappa shape index (κ2) is 7.13. The van der Waals surface area contributed by atoms with Crippen molar-refractivity contribution in [3.63, 3.8) is 0 Å². The van der Waals surface area contributed by atoms with Gasteiger partial charge in [0.05, 0.1) is 27.4 Å². The molecule has 0 atom stereocenters. The molecule has 7 heteroatoms. The summed E-state index contributed by atoms with van der Waals surface area (Å²) in [6, 6.07) is 3.80. The van der Waals surface area contributed by atoms with Crippen LogP contribution in [-0.2, 0) is 4.74 Å². The highest BCUT2D eigenvalue weighted by Crippen LogP contribution is 2.38. The number of hydrogen-bond acceptors (Lipinski definition) is 7. The Morgan fingerprint density at radius 3 is 2.68 bits per heavy atom. The van der Waals surface area contributed by atoms with Gasteiger partial charge in [-0.3, -0.25) is 4.90 Å². The first-order valence-corrected chi connectivity index (χ1v) is 8.19. The SMILES string of the molecule is COc1ccc(OC)c2sc(NCCN3CCOCC3)nc12. The molecule has 0 amide bonds. The van der Waals surface area contributed by atoms with E-state index in [1.165, 1.54) is 0 Å². The number of benzene rings is 1. The summed E-state index contributed by atoms with van der Waals surface area (Å²) in [5.41, 5.74) is 0.848. The van der Waals surface area contributed by atoms with Crippen LogP contribution in [0.3, 0.4) is 0 Å². The minimum Gasteiger partial charge on any atom is -0.495 e. The molecule has 1 aromatic carbocycles. The molecule has 0 radical (unpaired) electrons. The van der Waals surface area contributed by atoms with Gasteiger partial charge >= 0.3 is 0 Å². The van der Waals surface area contributed by atoms with E-state index in [1.54, 1.807) is 25.6 Å². The van der Waals surface area contributed by atoms with E-state index < -0.39 is 0 Å². The predicted octanol–water partition coefficient (Wildman–Crippen LogP) is 2.06. The lowest BCUT2D eigenvalue weighted by molar-refractivity contribution is 0.0398. The summed E-state index contributed by atoms with van der Waals surface area (Å²) >= 11 is 1.59. The van der Waals surface area contributed by atoms with E-state index in [-0.39, 0.29) is 0 Å². The summed E-state index contributed by atoms with van der Waals surface area (Å²) in [7, 11) is 3.33. The first kappa shape index (κ1) is 15.3. The van der Waals surface area contributed by atoms with Gasteiger partial charge in [-0.15, -0.1) is 0 Å². The second-order valence-corrected chi connectivity index (χ2v) is 6.05. The van der Waals surface area contributed by atoms with Crippen molar-refractivity contribution < 1.29 is 14.2 Å². The largest absolute Gasteiger partial charge is 0.495 e. The van der Waals surface area contributed by atoms with Crippen LogP contribution in [0.2, 0.25) is 0 Å². The Bertz CT molecular complexity index is 585. The van der Waals surface area contributed by atoms with E-state index in [1.807, 2.05) is 12.1 Å². The molecule has 0 spiro atoms. The Hall–Kier alpha value is -1.57. The fourth-order valence-corrected chi connectivity index (χ4v) is 3.51. The van der Waals surface area contributed by atoms with Gasteiger partial charge in [0.1, 0.15) is 21.7 Å². The number of aromatic nitrogens is 1. The molecule has 2 heterocycles. The summed E-state index contributed by atoms with van der Waals surface area (Å²) < 4.78 is 17.1. The molecule has 3 rings (SSSR count). The van der Waals surface area contributed by atoms with Crippen molar-refractivity contribution in [1.82, 2.24) is 9.88 Å². The van der Waals surface area contributed by atoms with E-state index in [0.29, 0.717) is 0 Å². The van der Waals surface area contributed by atoms with E-state index in [9.17, 15) is 0 Å². The fraction of sp³-hybridized carbons (Fsp3) is 0.533. The smallest absolute Gasteiger partial charge is 0.184 e. The number of nitrogens with zero attached hydrogens (tertiary/aromatic N) is 2. The average molecular weight is 323 g/mol. The quantitative estimate of drug-likeness (QED) is 0.878. The van der Waals surface area contributed by atoms with E-state index in [2.05, 4.69) is 15.2 Å². The summed E-state index contributed by atoms with van der Waals surface area (Å²) in [5, 5.41) is 4.29. The van der Waals surface area contributed by atoms with E-state index in [0.717, 1.165) is 66.2 Å². The van der Waals surface area contributed by atoms with Crippen molar-refractivity contribution in [2.45, 2.75) is 0 Å². The van der Waals surface area contributed by atoms with Crippen molar-refractivity contribution in [1.29, 1.82) is 0 Å². The van der Waals surface area contributed by atoms with Crippen LogP contribution in [0.25, 0.3) is 10.2 Å². The Morgan fingerprint density at radius 2 is 1.95 bits per heavy atom. The molecule has 0 saturated carbocycles. The van der Waals surface area contributed by atoms with Crippen LogP contribution in [0.4, 0.5) is 5.13 Å². The number of methoxy groups -OCH3 is 2. The first-order valence-electron chi connectivity index (χ1n) is 7.37. The second-order valence-electron chi connectivity index (χ2n) is 5.05. The number of anilines is 1. The van der Waals surface area contributed by atoms with Gasteiger partial charge in [-0.25, -0.2) is 4.98 Å². The highest BCUT2D eigenvalue weighted by Gasteiger charge is 2.14. The van der Waals surface area contributed by atoms with E-state index >= 15 is 0 Å². The Balaban J connectivity index is 1.68. The third-order valence-corrected chi connectivity index (χ3v) is 4.75. The van der Waals surface area contributed by atoms with Crippen molar-refractivity contribution >= 4 is 26.7 Å². The van der Waals surface area contributed by atoms with Gasteiger partial charge in [-0.05, 0) is 12.1 Å². The summed E-state index contributed by atoms with van der Waals surface area (Å²) in [6.45, 7) is 5.52. The van der Waals surface area contributed by atoms with Crippen LogP contribution < -0.4 is 14.8 Å². The summed E-state index contributed by atoms with van der Waals surface area (Å²) in [5.74, 6) is 1.60. The minimum atomic E-state index is 0.772. The topological polar surface area (TPSA) is 55.9 Å². The molecule has 2 aromatic rings. The standard InChI is InChI=1S/C15H21N3O3S/c1-19-11-3-4-12(20-2)14-13(11)17-15(22-14)16-5-6-18-7-9-21-10-8-18/h3-4H,5-10H2,1-2H3,(H,16,17). The van der Waals surface area contributed by atoms with Gasteiger partial charge in [0.15, 0.2) is 5.13 Å². The van der Waals surface area contributed by atoms with Crippen LogP contribution in [0.15, 0.2) is 12.1 Å². The fourth-order valence-electron chi connectivity index (χ4n) is 2.51. The number of ether oxygens (including phenoxy) is 3. The zero-order valence-corrected chi connectivity index (χ0v) is 13.7. The summed E-state index contributed by atoms with van der Waals surface area (Å²) in [4.78, 5) is 7.03. The predicted molar refractivity (Wildman–Crippen MR) is 88.5 cm³/mol. The summed E-state index contributed by atoms with van der Waals surface area (Å²) in [6.07, 6.45) is 0. The van der Waals surface area contributed by atoms with Crippen molar-refractivity contribution in [2.24, 2.45) is 0 Å². The number of fused-ring (bicyclic) bond motifs is 1. The minimum absolute atomic E-state index is 0.772. The molecule has 22 heavy (non-hydrogen) atoms. The molecular weight excluding hydrogens is 302 g/mol. The molecular formula is C15H21N3O3S. The number of morpholine rings is 1. The lowest BCUT2D eigenvalue weighted by atomic mass is 10.3. The van der Waals surface area contributed by atoms with Gasteiger partial charge in [-0.2, -0.15) is 0 Å². The van der Waals surface area contributed by atoms with Crippen LogP contribution in [0.1, 0.15) is 0 Å². The zero-order valence-electron chi connectivity index (χ0n) is 12.9. The molecule has 6 nitrogen and oxygen atoms in total. The Labute approximate surface area is 134 Å². The number of hydrogen-bond donors (Lipinski definition) is 1. The maximum Gasteiger partial charge on any atom is 0.184 e. The van der Waals surface area contributed by atoms with Crippen molar-refractivity contribution in [3.8, 4) is 11.5 Å². The monoisotopic (exact) mass is 323 g/mol. The van der Waals surface area contributed by atoms with Crippen molar-refractivity contribution in [3.05, 3.63) is 12.1 Å². The highest BCUT2D eigenvalue weighted by atomic mass is 32.1. The maximum absolute atomic E-state index is 5.40. The van der Waals surface area contributed by atoms with Crippen LogP contribution in [0.5, 0.6) is 11.5 Å². The molecule has 1 aliphatic heterocycles. The van der Waals surface area contributed by atoms with Crippen LogP contribution in [-0.4, -0.2) is 63.5 Å². The Morgan fingerprint density at radius 1 is 1.23 bits per heavy atom. The zero-order chi connectivity index (χ0) is 15.4. The van der Waals surface area contributed by atoms with Gasteiger partial charge in [0.2, 0.25) is 0 Å². The van der Waals surface area contributed by atoms with Gasteiger partial charge in [0, 0.05) is 26.2 Å². The van der Waals surface area contributed by atoms with Crippen LogP contribution in [0, 0.1) is 0 Å². The van der Waals surface area contributed by atoms with Crippen LogP contribution >= 0.6 is 11.3 Å². The molecule has 1 fully saturated rings. The molecule has 120 valence electrons. The number of nitrogens with one attached hydrogen (secondary N) is 1. The average Bonchev–Trinajstić information content (AvgIpc) is 2.99. The van der Waals surface area contributed by atoms with Gasteiger partial charge in [0.25, 0.3) is 0 Å². The Kier molecular flexibility index (Phi) is 4.97. The maximum atomic E-state index is 5.40. The van der Waals surface area contributed by atoms with Gasteiger partial charge < -0.3 is 19.5 Å². The molecule has 1 saturated heterocycles. The molecule has 0 bridgehead atoms. The van der Waals surface area contributed by atoms with E-state index in [4.69, 9.17) is 14.2 Å². The molecule has 1 aromatic heterocycles. The number of thiazole rings is 1. The lowest BCUT2D eigenvalue weighted by Gasteiger charge is -2.26. The molecule has 0 unspecified atom stereocenters. The molecule has 0 aliphatic carbocycles. The molecule has 1 aliphatic rings. The third kappa shape index (κ3) is 3.26. The third-order valence-electron chi connectivity index (χ3n) is 3.72. The lowest BCUT2D eigenvalue weighted by Crippen LogP contribution is -2.38. The highest BCUT2D eigenvalue weighted by molar-refractivity contribution is 7.22. The van der Waals surface area contributed by atoms with Gasteiger partial charge in [-0.1, -0.05) is 11.3 Å².